The summed E-state index contributed by atoms with van der Waals surface area (Å²) in [5, 5.41) is 9.15. The van der Waals surface area contributed by atoms with E-state index in [1.54, 1.807) is 0 Å². The zero-order valence-electron chi connectivity index (χ0n) is 7.31. The molecule has 1 aromatic carbocycles. The van der Waals surface area contributed by atoms with Gasteiger partial charge in [-0.3, -0.25) is 0 Å². The fourth-order valence-electron chi connectivity index (χ4n) is 0.834. The second-order valence-corrected chi connectivity index (χ2v) is 3.72. The Balaban J connectivity index is 0.00000144. The van der Waals surface area contributed by atoms with Gasteiger partial charge in [-0.1, -0.05) is 12.1 Å². The Bertz CT molecular complexity index is 399. The van der Waals surface area contributed by atoms with E-state index in [0.717, 1.165) is 6.07 Å². The molecule has 0 saturated carbocycles. The van der Waals surface area contributed by atoms with Gasteiger partial charge >= 0.3 is 51.4 Å². The van der Waals surface area contributed by atoms with Gasteiger partial charge in [0.25, 0.3) is 0 Å². The molecule has 1 aromatic rings. The molecule has 0 bridgehead atoms. The van der Waals surface area contributed by atoms with Crippen molar-refractivity contribution < 1.29 is 69.5 Å². The van der Waals surface area contributed by atoms with Gasteiger partial charge in [0.1, 0.15) is 15.9 Å². The maximum atomic E-state index is 10.5. The van der Waals surface area contributed by atoms with Gasteiger partial charge in [-0.15, -0.1) is 0 Å². The van der Waals surface area contributed by atoms with E-state index in [9.17, 15) is 13.0 Å². The van der Waals surface area contributed by atoms with E-state index in [-0.39, 0.29) is 51.4 Å². The second-order valence-electron chi connectivity index (χ2n) is 2.38. The van der Waals surface area contributed by atoms with Gasteiger partial charge in [-0.25, -0.2) is 8.42 Å². The maximum absolute atomic E-state index is 10.5. The van der Waals surface area contributed by atoms with Crippen molar-refractivity contribution >= 4 is 10.1 Å². The Hall–Kier alpha value is 0.566. The quantitative estimate of drug-likeness (QED) is 0.428. The van der Waals surface area contributed by atoms with E-state index < -0.39 is 20.8 Å². The molecule has 0 aliphatic heterocycles. The number of phenolic OH excluding ortho intramolecular Hbond substituents is 1. The average molecular weight is 226 g/mol. The number of benzene rings is 1. The van der Waals surface area contributed by atoms with Crippen LogP contribution < -0.4 is 51.4 Å². The zero-order chi connectivity index (χ0) is 9.35. The molecule has 0 unspecified atom stereocenters. The molecule has 0 amide bonds. The Morgan fingerprint density at radius 1 is 1.38 bits per heavy atom. The van der Waals surface area contributed by atoms with Crippen molar-refractivity contribution in [2.24, 2.45) is 0 Å². The molecule has 0 saturated heterocycles. The number of para-hydroxylation sites is 1. The third-order valence-electron chi connectivity index (χ3n) is 1.47. The third kappa shape index (κ3) is 3.32. The fraction of sp³-hybridized carbons (Fsp3) is 0.143. The second kappa shape index (κ2) is 4.88. The number of hydrogen-bond donors (Lipinski definition) is 1. The molecule has 0 radical (unpaired) electrons. The first kappa shape index (κ1) is 13.6. The number of aryl methyl sites for hydroxylation is 1. The van der Waals surface area contributed by atoms with Crippen LogP contribution in [-0.2, 0) is 10.1 Å². The molecule has 0 aliphatic rings. The van der Waals surface area contributed by atoms with Crippen molar-refractivity contribution in [2.45, 2.75) is 11.8 Å². The fourth-order valence-corrected chi connectivity index (χ4v) is 1.48. The van der Waals surface area contributed by atoms with Crippen molar-refractivity contribution in [3.05, 3.63) is 23.8 Å². The van der Waals surface area contributed by atoms with Gasteiger partial charge < -0.3 is 9.66 Å². The molecule has 0 atom stereocenters. The molecular formula is C7H7KO4S. The SMILES string of the molecule is Cc1cccc(S(=O)(=O)[O-])c1O.[K+]. The van der Waals surface area contributed by atoms with Crippen LogP contribution in [0.15, 0.2) is 23.1 Å². The normalized spacial score (nSPS) is 10.6. The zero-order valence-corrected chi connectivity index (χ0v) is 11.3. The van der Waals surface area contributed by atoms with Crippen molar-refractivity contribution in [2.75, 3.05) is 0 Å². The first-order valence-electron chi connectivity index (χ1n) is 3.17. The predicted octanol–water partition coefficient (Wildman–Crippen LogP) is -2.39. The van der Waals surface area contributed by atoms with Crippen molar-refractivity contribution in [3.63, 3.8) is 0 Å². The molecule has 0 aliphatic carbocycles. The molecule has 6 heteroatoms. The molecule has 0 heterocycles. The summed E-state index contributed by atoms with van der Waals surface area (Å²) in [6.07, 6.45) is 0. The molecule has 4 nitrogen and oxygen atoms in total. The van der Waals surface area contributed by atoms with Crippen LogP contribution in [-0.4, -0.2) is 18.1 Å². The summed E-state index contributed by atoms with van der Waals surface area (Å²) in [5.41, 5.74) is 0.368. The van der Waals surface area contributed by atoms with E-state index in [1.165, 1.54) is 19.1 Å². The Labute approximate surface area is 119 Å². The summed E-state index contributed by atoms with van der Waals surface area (Å²) in [6.45, 7) is 1.52. The van der Waals surface area contributed by atoms with Crippen LogP contribution in [0.5, 0.6) is 5.75 Å². The standard InChI is InChI=1S/C7H8O4S.K/c1-5-3-2-4-6(7(5)8)12(9,10)11;/h2-4,8H,1H3,(H,9,10,11);/q;+1/p-1. The molecule has 1 N–H and O–H groups in total. The molecule has 0 fully saturated rings. The van der Waals surface area contributed by atoms with Gasteiger partial charge in [0.2, 0.25) is 0 Å². The maximum Gasteiger partial charge on any atom is 1.00 e. The van der Waals surface area contributed by atoms with Crippen molar-refractivity contribution in [1.29, 1.82) is 0 Å². The van der Waals surface area contributed by atoms with Crippen LogP contribution >= 0.6 is 0 Å². The average Bonchev–Trinajstić information content (AvgIpc) is 1.92. The number of rotatable bonds is 1. The van der Waals surface area contributed by atoms with Crippen LogP contribution in [0.1, 0.15) is 5.56 Å². The minimum Gasteiger partial charge on any atom is -0.744 e. The third-order valence-corrected chi connectivity index (χ3v) is 2.34. The molecule has 0 aromatic heterocycles. The van der Waals surface area contributed by atoms with Gasteiger partial charge in [0.05, 0.1) is 4.90 Å². The van der Waals surface area contributed by atoms with E-state index in [2.05, 4.69) is 0 Å². The van der Waals surface area contributed by atoms with E-state index >= 15 is 0 Å². The number of aromatic hydroxyl groups is 1. The van der Waals surface area contributed by atoms with Crippen LogP contribution in [0.2, 0.25) is 0 Å². The van der Waals surface area contributed by atoms with Crippen LogP contribution in [0, 0.1) is 6.92 Å². The summed E-state index contributed by atoms with van der Waals surface area (Å²) in [4.78, 5) is -0.567. The van der Waals surface area contributed by atoms with Gasteiger partial charge in [-0.05, 0) is 18.6 Å². The van der Waals surface area contributed by atoms with E-state index in [0.29, 0.717) is 5.56 Å². The minimum atomic E-state index is -4.56. The number of hydrogen-bond acceptors (Lipinski definition) is 4. The molecule has 13 heavy (non-hydrogen) atoms. The predicted molar refractivity (Wildman–Crippen MR) is 40.8 cm³/mol. The largest absolute Gasteiger partial charge is 1.00 e. The van der Waals surface area contributed by atoms with Crippen molar-refractivity contribution in [1.82, 2.24) is 0 Å². The summed E-state index contributed by atoms with van der Waals surface area (Å²) < 4.78 is 31.5. The minimum absolute atomic E-state index is 0. The summed E-state index contributed by atoms with van der Waals surface area (Å²) in [7, 11) is -4.56. The van der Waals surface area contributed by atoms with Crippen LogP contribution in [0.4, 0.5) is 0 Å². The van der Waals surface area contributed by atoms with Crippen molar-refractivity contribution in [3.8, 4) is 5.75 Å². The summed E-state index contributed by atoms with van der Waals surface area (Å²) in [5.74, 6) is -0.465. The Morgan fingerprint density at radius 2 is 1.92 bits per heavy atom. The molecule has 66 valence electrons. The number of phenols is 1. The summed E-state index contributed by atoms with van der Waals surface area (Å²) >= 11 is 0. The van der Waals surface area contributed by atoms with Gasteiger partial charge in [-0.2, -0.15) is 0 Å². The Kier molecular flexibility index (Phi) is 5.09. The molecule has 1 rings (SSSR count). The van der Waals surface area contributed by atoms with Crippen LogP contribution in [0.3, 0.4) is 0 Å². The van der Waals surface area contributed by atoms with Gasteiger partial charge in [0, 0.05) is 0 Å². The van der Waals surface area contributed by atoms with Gasteiger partial charge in [0.15, 0.2) is 0 Å². The molecule has 0 spiro atoms. The Morgan fingerprint density at radius 3 is 2.31 bits per heavy atom. The van der Waals surface area contributed by atoms with Crippen LogP contribution in [0.25, 0.3) is 0 Å². The smallest absolute Gasteiger partial charge is 0.744 e. The molecular weight excluding hydrogens is 219 g/mol. The topological polar surface area (TPSA) is 77.4 Å². The summed E-state index contributed by atoms with van der Waals surface area (Å²) in [6, 6.07) is 3.99. The monoisotopic (exact) mass is 226 g/mol. The first-order chi connectivity index (χ1) is 5.43. The van der Waals surface area contributed by atoms with E-state index in [4.69, 9.17) is 5.11 Å². The van der Waals surface area contributed by atoms with E-state index in [1.807, 2.05) is 0 Å². The first-order valence-corrected chi connectivity index (χ1v) is 4.58.